The summed E-state index contributed by atoms with van der Waals surface area (Å²) in [7, 11) is -3.64. The van der Waals surface area contributed by atoms with Gasteiger partial charge in [-0.05, 0) is 62.6 Å². The molecule has 0 aromatic heterocycles. The minimum atomic E-state index is -3.64. The van der Waals surface area contributed by atoms with Gasteiger partial charge in [-0.1, -0.05) is 30.5 Å². The summed E-state index contributed by atoms with van der Waals surface area (Å²) in [5.41, 5.74) is 2.77. The zero-order chi connectivity index (χ0) is 22.4. The Kier molecular flexibility index (Phi) is 7.46. The summed E-state index contributed by atoms with van der Waals surface area (Å²) in [6, 6.07) is 11.8. The van der Waals surface area contributed by atoms with Crippen molar-refractivity contribution in [3.63, 3.8) is 0 Å². The molecular formula is C23H29N3O4S. The van der Waals surface area contributed by atoms with Gasteiger partial charge in [0, 0.05) is 30.3 Å². The Labute approximate surface area is 183 Å². The van der Waals surface area contributed by atoms with Gasteiger partial charge < -0.3 is 10.6 Å². The highest BCUT2D eigenvalue weighted by Gasteiger charge is 2.22. The van der Waals surface area contributed by atoms with Crippen LogP contribution in [0.1, 0.15) is 47.2 Å². The lowest BCUT2D eigenvalue weighted by atomic mass is 10.1. The molecule has 0 saturated heterocycles. The quantitative estimate of drug-likeness (QED) is 0.545. The zero-order valence-corrected chi connectivity index (χ0v) is 18.7. The number of sulfonamides is 1. The van der Waals surface area contributed by atoms with Crippen LogP contribution < -0.4 is 15.4 Å². The van der Waals surface area contributed by atoms with Gasteiger partial charge in [-0.25, -0.2) is 13.1 Å². The van der Waals surface area contributed by atoms with Gasteiger partial charge in [-0.2, -0.15) is 0 Å². The van der Waals surface area contributed by atoms with Crippen LogP contribution in [0.25, 0.3) is 0 Å². The Morgan fingerprint density at radius 2 is 1.65 bits per heavy atom. The van der Waals surface area contributed by atoms with E-state index >= 15 is 0 Å². The second-order valence-corrected chi connectivity index (χ2v) is 9.71. The van der Waals surface area contributed by atoms with Gasteiger partial charge >= 0.3 is 0 Å². The fraction of sp³-hybridized carbons (Fsp3) is 0.391. The van der Waals surface area contributed by atoms with E-state index < -0.39 is 10.0 Å². The Balaban J connectivity index is 1.46. The van der Waals surface area contributed by atoms with Crippen LogP contribution in [0.4, 0.5) is 5.69 Å². The van der Waals surface area contributed by atoms with E-state index in [-0.39, 0.29) is 35.7 Å². The molecule has 0 radical (unpaired) electrons. The van der Waals surface area contributed by atoms with Crippen molar-refractivity contribution in [2.45, 2.75) is 44.4 Å². The first-order chi connectivity index (χ1) is 14.8. The Morgan fingerprint density at radius 1 is 0.968 bits per heavy atom. The van der Waals surface area contributed by atoms with E-state index in [2.05, 4.69) is 15.4 Å². The number of amides is 2. The second-order valence-electron chi connectivity index (χ2n) is 7.97. The second kappa shape index (κ2) is 10.1. The fourth-order valence-corrected chi connectivity index (χ4v) is 5.04. The smallest absolute Gasteiger partial charge is 0.251 e. The van der Waals surface area contributed by atoms with Crippen LogP contribution in [-0.4, -0.2) is 33.3 Å². The first-order valence-electron chi connectivity index (χ1n) is 10.5. The molecule has 3 N–H and O–H groups in total. The maximum Gasteiger partial charge on any atom is 0.251 e. The van der Waals surface area contributed by atoms with Gasteiger partial charge in [-0.15, -0.1) is 0 Å². The lowest BCUT2D eigenvalue weighted by Gasteiger charge is -2.12. The molecule has 3 rings (SSSR count). The molecule has 0 aliphatic heterocycles. The molecule has 1 aliphatic carbocycles. The van der Waals surface area contributed by atoms with Crippen LogP contribution in [0.15, 0.2) is 47.4 Å². The zero-order valence-electron chi connectivity index (χ0n) is 17.9. The molecule has 1 aliphatic rings. The van der Waals surface area contributed by atoms with Crippen molar-refractivity contribution in [1.29, 1.82) is 0 Å². The normalized spacial score (nSPS) is 14.4. The fourth-order valence-electron chi connectivity index (χ4n) is 3.78. The Hall–Kier alpha value is -2.71. The molecule has 2 aromatic carbocycles. The topological polar surface area (TPSA) is 104 Å². The van der Waals surface area contributed by atoms with Crippen LogP contribution in [0, 0.1) is 19.8 Å². The van der Waals surface area contributed by atoms with Crippen molar-refractivity contribution in [1.82, 2.24) is 10.0 Å². The molecular weight excluding hydrogens is 414 g/mol. The number of aryl methyl sites for hydroxylation is 2. The highest BCUT2D eigenvalue weighted by Crippen LogP contribution is 2.26. The number of nitrogens with one attached hydrogen (secondary N) is 3. The molecule has 2 aromatic rings. The first-order valence-corrected chi connectivity index (χ1v) is 12.0. The van der Waals surface area contributed by atoms with Crippen molar-refractivity contribution >= 4 is 27.5 Å². The monoisotopic (exact) mass is 443 g/mol. The van der Waals surface area contributed by atoms with E-state index in [0.717, 1.165) is 31.2 Å². The number of anilines is 1. The van der Waals surface area contributed by atoms with Crippen molar-refractivity contribution in [3.05, 3.63) is 59.2 Å². The minimum Gasteiger partial charge on any atom is -0.351 e. The third kappa shape index (κ3) is 6.15. The maximum absolute atomic E-state index is 12.4. The van der Waals surface area contributed by atoms with Gasteiger partial charge in [-0.3, -0.25) is 9.59 Å². The van der Waals surface area contributed by atoms with Crippen LogP contribution in [0.5, 0.6) is 0 Å². The third-order valence-corrected chi connectivity index (χ3v) is 7.08. The van der Waals surface area contributed by atoms with Crippen LogP contribution in [0.2, 0.25) is 0 Å². The minimum absolute atomic E-state index is 0.0331. The Morgan fingerprint density at radius 3 is 2.29 bits per heavy atom. The SMILES string of the molecule is Cc1ccc(S(=O)(=O)NCCNC(=O)c2ccc(NC(=O)C3CCCC3)cc2)c(C)c1. The van der Waals surface area contributed by atoms with E-state index in [9.17, 15) is 18.0 Å². The number of benzene rings is 2. The number of hydrogen-bond donors (Lipinski definition) is 3. The van der Waals surface area contributed by atoms with Crippen LogP contribution >= 0.6 is 0 Å². The average molecular weight is 444 g/mol. The highest BCUT2D eigenvalue weighted by atomic mass is 32.2. The Bertz CT molecular complexity index is 1040. The molecule has 0 heterocycles. The summed E-state index contributed by atoms with van der Waals surface area (Å²) in [5.74, 6) is -0.194. The standard InChI is InChI=1S/C23H29N3O4S/c1-16-7-12-21(17(2)15-16)31(29,30)25-14-13-24-22(27)19-8-10-20(11-9-19)26-23(28)18-5-3-4-6-18/h7-12,15,18,25H,3-6,13-14H2,1-2H3,(H,24,27)(H,26,28). The van der Waals surface area contributed by atoms with Gasteiger partial charge in [0.25, 0.3) is 5.91 Å². The summed E-state index contributed by atoms with van der Waals surface area (Å²) < 4.78 is 27.4. The summed E-state index contributed by atoms with van der Waals surface area (Å²) in [4.78, 5) is 24.7. The van der Waals surface area contributed by atoms with E-state index in [1.165, 1.54) is 0 Å². The molecule has 2 amide bonds. The van der Waals surface area contributed by atoms with E-state index in [1.807, 2.05) is 13.0 Å². The van der Waals surface area contributed by atoms with Gasteiger partial charge in [0.05, 0.1) is 4.90 Å². The molecule has 0 atom stereocenters. The molecule has 166 valence electrons. The predicted molar refractivity (Wildman–Crippen MR) is 120 cm³/mol. The summed E-state index contributed by atoms with van der Waals surface area (Å²) in [6.07, 6.45) is 4.05. The molecule has 0 unspecified atom stereocenters. The highest BCUT2D eigenvalue weighted by molar-refractivity contribution is 7.89. The summed E-state index contributed by atoms with van der Waals surface area (Å²) in [6.45, 7) is 3.89. The molecule has 31 heavy (non-hydrogen) atoms. The van der Waals surface area contributed by atoms with Crippen molar-refractivity contribution in [2.24, 2.45) is 5.92 Å². The molecule has 1 saturated carbocycles. The third-order valence-electron chi connectivity index (χ3n) is 5.46. The molecule has 8 heteroatoms. The van der Waals surface area contributed by atoms with E-state index in [4.69, 9.17) is 0 Å². The molecule has 0 bridgehead atoms. The predicted octanol–water partition coefficient (Wildman–Crippen LogP) is 3.14. The van der Waals surface area contributed by atoms with Crippen molar-refractivity contribution in [3.8, 4) is 0 Å². The number of carbonyl (C=O) groups excluding carboxylic acids is 2. The van der Waals surface area contributed by atoms with Crippen LogP contribution in [-0.2, 0) is 14.8 Å². The molecule has 0 spiro atoms. The number of rotatable bonds is 8. The molecule has 7 nitrogen and oxygen atoms in total. The lowest BCUT2D eigenvalue weighted by Crippen LogP contribution is -2.35. The summed E-state index contributed by atoms with van der Waals surface area (Å²) in [5, 5.41) is 5.59. The van der Waals surface area contributed by atoms with Gasteiger partial charge in [0.1, 0.15) is 0 Å². The largest absolute Gasteiger partial charge is 0.351 e. The average Bonchev–Trinajstić information content (AvgIpc) is 3.26. The van der Waals surface area contributed by atoms with Crippen molar-refractivity contribution in [2.75, 3.05) is 18.4 Å². The van der Waals surface area contributed by atoms with E-state index in [0.29, 0.717) is 16.8 Å². The summed E-state index contributed by atoms with van der Waals surface area (Å²) >= 11 is 0. The van der Waals surface area contributed by atoms with Gasteiger partial charge in [0.2, 0.25) is 15.9 Å². The first kappa shape index (κ1) is 23.0. The number of carbonyl (C=O) groups is 2. The number of hydrogen-bond acceptors (Lipinski definition) is 4. The molecule has 1 fully saturated rings. The van der Waals surface area contributed by atoms with Gasteiger partial charge in [0.15, 0.2) is 0 Å². The van der Waals surface area contributed by atoms with Crippen LogP contribution in [0.3, 0.4) is 0 Å². The van der Waals surface area contributed by atoms with E-state index in [1.54, 1.807) is 43.3 Å². The van der Waals surface area contributed by atoms with Crippen molar-refractivity contribution < 1.29 is 18.0 Å². The maximum atomic E-state index is 12.4. The lowest BCUT2D eigenvalue weighted by molar-refractivity contribution is -0.119.